The number of rotatable bonds is 7. The smallest absolute Gasteiger partial charge is 0.251 e. The Morgan fingerprint density at radius 2 is 1.90 bits per heavy atom. The van der Waals surface area contributed by atoms with Crippen molar-refractivity contribution in [1.82, 2.24) is 16.0 Å². The first-order valence-corrected chi connectivity index (χ1v) is 7.23. The molecule has 0 aliphatic carbocycles. The van der Waals surface area contributed by atoms with E-state index in [0.717, 1.165) is 25.5 Å². The summed E-state index contributed by atoms with van der Waals surface area (Å²) in [6, 6.07) is 5.65. The standard InChI is InChI=1S/C15H23FN4O/c1-3-17-15(18-4-2)20-10-6-9-19-14(21)12-7-5-8-13(16)11-12/h5,7-8,11H,3-4,6,9-10H2,1-2H3,(H,19,21)(H2,17,18,20). The Kier molecular flexibility index (Phi) is 7.86. The molecule has 1 rings (SSSR count). The van der Waals surface area contributed by atoms with E-state index in [1.807, 2.05) is 13.8 Å². The number of hydrogen-bond donors (Lipinski definition) is 3. The first-order valence-electron chi connectivity index (χ1n) is 7.23. The number of guanidine groups is 1. The van der Waals surface area contributed by atoms with Crippen LogP contribution in [0.4, 0.5) is 4.39 Å². The molecular formula is C15H23FN4O. The predicted molar refractivity (Wildman–Crippen MR) is 83.0 cm³/mol. The lowest BCUT2D eigenvalue weighted by atomic mass is 10.2. The van der Waals surface area contributed by atoms with Crippen LogP contribution in [0.25, 0.3) is 0 Å². The highest BCUT2D eigenvalue weighted by Crippen LogP contribution is 2.02. The van der Waals surface area contributed by atoms with Crippen molar-refractivity contribution in [1.29, 1.82) is 0 Å². The molecule has 6 heteroatoms. The van der Waals surface area contributed by atoms with Crippen LogP contribution < -0.4 is 16.0 Å². The molecule has 0 atom stereocenters. The van der Waals surface area contributed by atoms with E-state index in [4.69, 9.17) is 0 Å². The van der Waals surface area contributed by atoms with Crippen molar-refractivity contribution in [2.24, 2.45) is 4.99 Å². The van der Waals surface area contributed by atoms with Crippen LogP contribution >= 0.6 is 0 Å². The van der Waals surface area contributed by atoms with E-state index in [1.54, 1.807) is 6.07 Å². The summed E-state index contributed by atoms with van der Waals surface area (Å²) in [5, 5.41) is 9.00. The predicted octanol–water partition coefficient (Wildman–Crippen LogP) is 1.52. The van der Waals surface area contributed by atoms with Crippen LogP contribution in [0.3, 0.4) is 0 Å². The van der Waals surface area contributed by atoms with Crippen LogP contribution in [-0.2, 0) is 0 Å². The van der Waals surface area contributed by atoms with Crippen LogP contribution in [-0.4, -0.2) is 38.0 Å². The molecule has 0 unspecified atom stereocenters. The number of aliphatic imine (C=N–C) groups is 1. The molecule has 0 aromatic heterocycles. The Morgan fingerprint density at radius 1 is 1.19 bits per heavy atom. The normalized spacial score (nSPS) is 9.86. The van der Waals surface area contributed by atoms with Gasteiger partial charge in [0.2, 0.25) is 0 Å². The number of hydrogen-bond acceptors (Lipinski definition) is 2. The van der Waals surface area contributed by atoms with Crippen LogP contribution in [0.1, 0.15) is 30.6 Å². The van der Waals surface area contributed by atoms with Gasteiger partial charge in [0.1, 0.15) is 5.82 Å². The number of amides is 1. The molecule has 0 bridgehead atoms. The second kappa shape index (κ2) is 9.74. The van der Waals surface area contributed by atoms with E-state index in [9.17, 15) is 9.18 Å². The molecule has 3 N–H and O–H groups in total. The first kappa shape index (κ1) is 16.9. The van der Waals surface area contributed by atoms with Gasteiger partial charge in [0.05, 0.1) is 0 Å². The van der Waals surface area contributed by atoms with Gasteiger partial charge in [-0.05, 0) is 38.5 Å². The zero-order valence-corrected chi connectivity index (χ0v) is 12.6. The van der Waals surface area contributed by atoms with E-state index in [2.05, 4.69) is 20.9 Å². The van der Waals surface area contributed by atoms with Gasteiger partial charge in [0.15, 0.2) is 5.96 Å². The quantitative estimate of drug-likeness (QED) is 0.406. The van der Waals surface area contributed by atoms with Crippen LogP contribution in [0.15, 0.2) is 29.3 Å². The molecule has 21 heavy (non-hydrogen) atoms. The van der Waals surface area contributed by atoms with Gasteiger partial charge < -0.3 is 16.0 Å². The van der Waals surface area contributed by atoms with E-state index < -0.39 is 5.82 Å². The summed E-state index contributed by atoms with van der Waals surface area (Å²) in [7, 11) is 0. The fourth-order valence-corrected chi connectivity index (χ4v) is 1.71. The zero-order chi connectivity index (χ0) is 15.5. The van der Waals surface area contributed by atoms with Crippen molar-refractivity contribution in [3.05, 3.63) is 35.6 Å². The first-order chi connectivity index (χ1) is 10.2. The van der Waals surface area contributed by atoms with Gasteiger partial charge in [-0.3, -0.25) is 9.79 Å². The van der Waals surface area contributed by atoms with Crippen LogP contribution in [0.5, 0.6) is 0 Å². The van der Waals surface area contributed by atoms with Gasteiger partial charge in [0.25, 0.3) is 5.91 Å². The Labute approximate surface area is 125 Å². The average Bonchev–Trinajstić information content (AvgIpc) is 2.47. The highest BCUT2D eigenvalue weighted by molar-refractivity contribution is 5.94. The summed E-state index contributed by atoms with van der Waals surface area (Å²) in [5.74, 6) is 0.0988. The fraction of sp³-hybridized carbons (Fsp3) is 0.467. The van der Waals surface area contributed by atoms with Crippen LogP contribution in [0, 0.1) is 5.82 Å². The Balaban J connectivity index is 2.30. The molecular weight excluding hydrogens is 271 g/mol. The van der Waals surface area contributed by atoms with Gasteiger partial charge in [-0.25, -0.2) is 4.39 Å². The maximum absolute atomic E-state index is 13.0. The highest BCUT2D eigenvalue weighted by Gasteiger charge is 2.05. The highest BCUT2D eigenvalue weighted by atomic mass is 19.1. The molecule has 0 spiro atoms. The summed E-state index contributed by atoms with van der Waals surface area (Å²) in [6.07, 6.45) is 0.724. The monoisotopic (exact) mass is 294 g/mol. The number of nitrogens with one attached hydrogen (secondary N) is 3. The maximum atomic E-state index is 13.0. The van der Waals surface area contributed by atoms with Crippen LogP contribution in [0.2, 0.25) is 0 Å². The molecule has 0 radical (unpaired) electrons. The van der Waals surface area contributed by atoms with Gasteiger partial charge in [-0.15, -0.1) is 0 Å². The minimum absolute atomic E-state index is 0.267. The molecule has 0 saturated carbocycles. The molecule has 1 aromatic rings. The number of halogens is 1. The fourth-order valence-electron chi connectivity index (χ4n) is 1.71. The number of carbonyl (C=O) groups is 1. The second-order valence-corrected chi connectivity index (χ2v) is 4.41. The molecule has 1 amide bonds. The number of nitrogens with zero attached hydrogens (tertiary/aromatic N) is 1. The number of carbonyl (C=O) groups excluding carboxylic acids is 1. The molecule has 0 aliphatic rings. The lowest BCUT2D eigenvalue weighted by Crippen LogP contribution is -2.37. The summed E-state index contributed by atoms with van der Waals surface area (Å²) in [6.45, 7) is 6.74. The maximum Gasteiger partial charge on any atom is 0.251 e. The molecule has 0 aliphatic heterocycles. The van der Waals surface area contributed by atoms with Gasteiger partial charge in [-0.1, -0.05) is 6.07 Å². The van der Waals surface area contributed by atoms with Crippen molar-refractivity contribution in [2.75, 3.05) is 26.2 Å². The minimum Gasteiger partial charge on any atom is -0.357 e. The van der Waals surface area contributed by atoms with E-state index in [1.165, 1.54) is 18.2 Å². The summed E-state index contributed by atoms with van der Waals surface area (Å²) >= 11 is 0. The van der Waals surface area contributed by atoms with Crippen molar-refractivity contribution in [2.45, 2.75) is 20.3 Å². The molecule has 1 aromatic carbocycles. The van der Waals surface area contributed by atoms with Crippen molar-refractivity contribution in [3.63, 3.8) is 0 Å². The minimum atomic E-state index is -0.409. The lowest BCUT2D eigenvalue weighted by molar-refractivity contribution is 0.0953. The van der Waals surface area contributed by atoms with Crippen molar-refractivity contribution >= 4 is 11.9 Å². The SMILES string of the molecule is CCNC(=NCCCNC(=O)c1cccc(F)c1)NCC. The van der Waals surface area contributed by atoms with E-state index in [0.29, 0.717) is 18.7 Å². The Bertz CT molecular complexity index is 468. The summed E-state index contributed by atoms with van der Waals surface area (Å²) in [4.78, 5) is 16.1. The summed E-state index contributed by atoms with van der Waals surface area (Å²) in [5.41, 5.74) is 0.333. The third-order valence-corrected chi connectivity index (χ3v) is 2.67. The van der Waals surface area contributed by atoms with Gasteiger partial charge in [-0.2, -0.15) is 0 Å². The van der Waals surface area contributed by atoms with E-state index >= 15 is 0 Å². The zero-order valence-electron chi connectivity index (χ0n) is 12.6. The average molecular weight is 294 g/mol. The third-order valence-electron chi connectivity index (χ3n) is 2.67. The molecule has 0 saturated heterocycles. The second-order valence-electron chi connectivity index (χ2n) is 4.41. The number of benzene rings is 1. The van der Waals surface area contributed by atoms with E-state index in [-0.39, 0.29) is 5.91 Å². The Morgan fingerprint density at radius 3 is 2.52 bits per heavy atom. The molecule has 5 nitrogen and oxygen atoms in total. The largest absolute Gasteiger partial charge is 0.357 e. The van der Waals surface area contributed by atoms with Gasteiger partial charge >= 0.3 is 0 Å². The lowest BCUT2D eigenvalue weighted by Gasteiger charge is -2.09. The summed E-state index contributed by atoms with van der Waals surface area (Å²) < 4.78 is 13.0. The topological polar surface area (TPSA) is 65.5 Å². The molecule has 0 heterocycles. The molecule has 0 fully saturated rings. The van der Waals surface area contributed by atoms with Crippen molar-refractivity contribution in [3.8, 4) is 0 Å². The van der Waals surface area contributed by atoms with Gasteiger partial charge in [0, 0.05) is 31.7 Å². The third kappa shape index (κ3) is 6.74. The van der Waals surface area contributed by atoms with Crippen molar-refractivity contribution < 1.29 is 9.18 Å². The Hall–Kier alpha value is -2.11. The molecule has 116 valence electrons.